The lowest BCUT2D eigenvalue weighted by Crippen LogP contribution is -2.10. The van der Waals surface area contributed by atoms with Crippen LogP contribution in [-0.4, -0.2) is 21.3 Å². The number of benzene rings is 1. The largest absolute Gasteiger partial charge is 0.481 e. The summed E-state index contributed by atoms with van der Waals surface area (Å²) in [5, 5.41) is 16.8. The van der Waals surface area contributed by atoms with Crippen molar-refractivity contribution in [3.05, 3.63) is 59.4 Å². The second-order valence-corrected chi connectivity index (χ2v) is 4.21. The van der Waals surface area contributed by atoms with Crippen LogP contribution in [0, 0.1) is 6.92 Å². The number of hydrogen-bond acceptors (Lipinski definition) is 3. The Hall–Kier alpha value is -2.23. The highest BCUT2D eigenvalue weighted by atomic mass is 16.4. The van der Waals surface area contributed by atoms with Gasteiger partial charge in [-0.1, -0.05) is 29.8 Å². The van der Waals surface area contributed by atoms with Gasteiger partial charge >= 0.3 is 5.97 Å². The molecule has 18 heavy (non-hydrogen) atoms. The van der Waals surface area contributed by atoms with Crippen molar-refractivity contribution in [2.75, 3.05) is 0 Å². The maximum Gasteiger partial charge on any atom is 0.304 e. The minimum atomic E-state index is -0.841. The van der Waals surface area contributed by atoms with Gasteiger partial charge in [-0.15, -0.1) is 0 Å². The zero-order valence-electron chi connectivity index (χ0n) is 10.1. The summed E-state index contributed by atoms with van der Waals surface area (Å²) in [4.78, 5) is 11.0. The molecule has 0 saturated carbocycles. The molecule has 0 saturated heterocycles. The molecule has 0 fully saturated rings. The van der Waals surface area contributed by atoms with Crippen LogP contribution in [0.3, 0.4) is 0 Å². The zero-order chi connectivity index (χ0) is 13.0. The molecule has 92 valence electrons. The highest BCUT2D eigenvalue weighted by Gasteiger charge is 2.19. The Morgan fingerprint density at radius 1 is 1.28 bits per heavy atom. The van der Waals surface area contributed by atoms with Crippen LogP contribution in [0.15, 0.2) is 42.6 Å². The second-order valence-electron chi connectivity index (χ2n) is 4.21. The number of rotatable bonds is 4. The lowest BCUT2D eigenvalue weighted by molar-refractivity contribution is -0.137. The van der Waals surface area contributed by atoms with E-state index >= 15 is 0 Å². The van der Waals surface area contributed by atoms with Gasteiger partial charge in [0.25, 0.3) is 0 Å². The van der Waals surface area contributed by atoms with Crippen LogP contribution in [0.1, 0.15) is 29.2 Å². The van der Waals surface area contributed by atoms with Gasteiger partial charge < -0.3 is 5.11 Å². The third-order valence-corrected chi connectivity index (χ3v) is 2.81. The first kappa shape index (κ1) is 12.2. The highest BCUT2D eigenvalue weighted by molar-refractivity contribution is 5.68. The minimum Gasteiger partial charge on any atom is -0.481 e. The van der Waals surface area contributed by atoms with Gasteiger partial charge in [-0.3, -0.25) is 4.79 Å². The summed E-state index contributed by atoms with van der Waals surface area (Å²) in [7, 11) is 0. The molecule has 0 aliphatic heterocycles. The van der Waals surface area contributed by atoms with E-state index < -0.39 is 5.97 Å². The average Bonchev–Trinajstić information content (AvgIpc) is 2.38. The molecule has 0 aliphatic rings. The van der Waals surface area contributed by atoms with E-state index in [4.69, 9.17) is 5.11 Å². The minimum absolute atomic E-state index is 0.0156. The standard InChI is InChI=1S/C14H14N2O2/c1-10-4-6-11(7-5-10)12(9-14(17)18)13-3-2-8-15-16-13/h2-8,12H,9H2,1H3,(H,17,18). The number of nitrogens with zero attached hydrogens (tertiary/aromatic N) is 2. The molecule has 1 N–H and O–H groups in total. The van der Waals surface area contributed by atoms with Crippen LogP contribution < -0.4 is 0 Å². The first-order valence-electron chi connectivity index (χ1n) is 5.73. The Labute approximate surface area is 105 Å². The molecule has 2 rings (SSSR count). The fourth-order valence-corrected chi connectivity index (χ4v) is 1.87. The smallest absolute Gasteiger partial charge is 0.304 e. The van der Waals surface area contributed by atoms with Crippen LogP contribution in [0.5, 0.6) is 0 Å². The Kier molecular flexibility index (Phi) is 3.67. The summed E-state index contributed by atoms with van der Waals surface area (Å²) in [5.41, 5.74) is 2.78. The molecule has 1 aromatic carbocycles. The Balaban J connectivity index is 2.36. The van der Waals surface area contributed by atoms with E-state index in [1.54, 1.807) is 18.3 Å². The molecular weight excluding hydrogens is 228 g/mol. The van der Waals surface area contributed by atoms with Crippen molar-refractivity contribution >= 4 is 5.97 Å². The third kappa shape index (κ3) is 2.91. The monoisotopic (exact) mass is 242 g/mol. The van der Waals surface area contributed by atoms with E-state index in [9.17, 15) is 4.79 Å². The molecule has 1 unspecified atom stereocenters. The van der Waals surface area contributed by atoms with E-state index in [1.807, 2.05) is 31.2 Å². The number of carboxylic acids is 1. The van der Waals surface area contributed by atoms with Gasteiger partial charge in [-0.25, -0.2) is 0 Å². The summed E-state index contributed by atoms with van der Waals surface area (Å²) >= 11 is 0. The topological polar surface area (TPSA) is 63.1 Å². The van der Waals surface area contributed by atoms with Crippen LogP contribution in [-0.2, 0) is 4.79 Å². The third-order valence-electron chi connectivity index (χ3n) is 2.81. The Morgan fingerprint density at radius 2 is 2.00 bits per heavy atom. The molecule has 1 heterocycles. The predicted octanol–water partition coefficient (Wildman–Crippen LogP) is 2.39. The van der Waals surface area contributed by atoms with Gasteiger partial charge in [0.15, 0.2) is 0 Å². The molecule has 1 aromatic heterocycles. The van der Waals surface area contributed by atoms with Crippen molar-refractivity contribution in [1.29, 1.82) is 0 Å². The molecule has 2 aromatic rings. The van der Waals surface area contributed by atoms with Crippen LogP contribution >= 0.6 is 0 Å². The molecule has 4 nitrogen and oxygen atoms in total. The Morgan fingerprint density at radius 3 is 2.56 bits per heavy atom. The van der Waals surface area contributed by atoms with Gasteiger partial charge in [0.05, 0.1) is 12.1 Å². The van der Waals surface area contributed by atoms with Crippen molar-refractivity contribution in [2.24, 2.45) is 0 Å². The van der Waals surface area contributed by atoms with Crippen molar-refractivity contribution in [1.82, 2.24) is 10.2 Å². The maximum atomic E-state index is 11.0. The molecule has 1 atom stereocenters. The van der Waals surface area contributed by atoms with Crippen molar-refractivity contribution in [3.8, 4) is 0 Å². The lowest BCUT2D eigenvalue weighted by Gasteiger charge is -2.14. The molecule has 0 aliphatic carbocycles. The number of hydrogen-bond donors (Lipinski definition) is 1. The predicted molar refractivity (Wildman–Crippen MR) is 67.3 cm³/mol. The fourth-order valence-electron chi connectivity index (χ4n) is 1.87. The molecule has 0 spiro atoms. The average molecular weight is 242 g/mol. The molecule has 4 heteroatoms. The van der Waals surface area contributed by atoms with Crippen molar-refractivity contribution < 1.29 is 9.90 Å². The number of aromatic nitrogens is 2. The van der Waals surface area contributed by atoms with E-state index in [0.29, 0.717) is 5.69 Å². The normalized spacial score (nSPS) is 12.1. The number of aryl methyl sites for hydroxylation is 1. The number of carbonyl (C=O) groups is 1. The SMILES string of the molecule is Cc1ccc(C(CC(=O)O)c2cccnn2)cc1. The van der Waals surface area contributed by atoms with Gasteiger partial charge in [0.1, 0.15) is 0 Å². The van der Waals surface area contributed by atoms with Gasteiger partial charge in [-0.2, -0.15) is 10.2 Å². The number of carboxylic acid groups (broad SMARTS) is 1. The molecule has 0 radical (unpaired) electrons. The van der Waals surface area contributed by atoms with E-state index in [0.717, 1.165) is 11.1 Å². The van der Waals surface area contributed by atoms with E-state index in [-0.39, 0.29) is 12.3 Å². The maximum absolute atomic E-state index is 11.0. The van der Waals surface area contributed by atoms with E-state index in [2.05, 4.69) is 10.2 Å². The first-order chi connectivity index (χ1) is 8.66. The highest BCUT2D eigenvalue weighted by Crippen LogP contribution is 2.26. The molecule has 0 amide bonds. The van der Waals surface area contributed by atoms with Gasteiger partial charge in [0.2, 0.25) is 0 Å². The summed E-state index contributed by atoms with van der Waals surface area (Å²) in [6.45, 7) is 2.00. The Bertz CT molecular complexity index is 523. The quantitative estimate of drug-likeness (QED) is 0.894. The fraction of sp³-hybridized carbons (Fsp3) is 0.214. The van der Waals surface area contributed by atoms with Crippen molar-refractivity contribution in [3.63, 3.8) is 0 Å². The number of aliphatic carboxylic acids is 1. The van der Waals surface area contributed by atoms with Crippen LogP contribution in [0.4, 0.5) is 0 Å². The summed E-state index contributed by atoms with van der Waals surface area (Å²) < 4.78 is 0. The van der Waals surface area contributed by atoms with Gasteiger partial charge in [-0.05, 0) is 24.6 Å². The summed E-state index contributed by atoms with van der Waals surface area (Å²) in [6.07, 6.45) is 1.60. The van der Waals surface area contributed by atoms with Crippen LogP contribution in [0.25, 0.3) is 0 Å². The lowest BCUT2D eigenvalue weighted by atomic mass is 9.92. The molecular formula is C14H14N2O2. The van der Waals surface area contributed by atoms with Gasteiger partial charge in [0, 0.05) is 12.1 Å². The second kappa shape index (κ2) is 5.40. The summed E-state index contributed by atoms with van der Waals surface area (Å²) in [6, 6.07) is 11.4. The van der Waals surface area contributed by atoms with Crippen molar-refractivity contribution in [2.45, 2.75) is 19.3 Å². The summed E-state index contributed by atoms with van der Waals surface area (Å²) in [5.74, 6) is -1.09. The zero-order valence-corrected chi connectivity index (χ0v) is 10.1. The van der Waals surface area contributed by atoms with E-state index in [1.165, 1.54) is 0 Å². The van der Waals surface area contributed by atoms with Crippen LogP contribution in [0.2, 0.25) is 0 Å². The first-order valence-corrected chi connectivity index (χ1v) is 5.73. The molecule has 0 bridgehead atoms.